The first-order valence-corrected chi connectivity index (χ1v) is 8.20. The van der Waals surface area contributed by atoms with Crippen LogP contribution >= 0.6 is 0 Å². The molecule has 0 aliphatic carbocycles. The number of nitrogens with zero attached hydrogens (tertiary/aromatic N) is 1. The Morgan fingerprint density at radius 3 is 2.37 bits per heavy atom. The van der Waals surface area contributed by atoms with Gasteiger partial charge in [-0.05, 0) is 24.6 Å². The fraction of sp³-hybridized carbons (Fsp3) is 0.222. The monoisotopic (exact) mass is 373 g/mol. The number of hydrazine groups is 1. The molecule has 9 nitrogen and oxygen atoms in total. The van der Waals surface area contributed by atoms with Crippen molar-refractivity contribution in [2.45, 2.75) is 13.3 Å². The normalized spacial score (nSPS) is 9.96. The average Bonchev–Trinajstić information content (AvgIpc) is 2.69. The Hall–Kier alpha value is -3.62. The molecule has 9 heteroatoms. The van der Waals surface area contributed by atoms with E-state index in [0.717, 1.165) is 6.42 Å². The molecule has 2 amide bonds. The summed E-state index contributed by atoms with van der Waals surface area (Å²) in [5.41, 5.74) is 4.47. The highest BCUT2D eigenvalue weighted by atomic mass is 16.6. The van der Waals surface area contributed by atoms with Gasteiger partial charge < -0.3 is 9.47 Å². The van der Waals surface area contributed by atoms with Gasteiger partial charge in [-0.25, -0.2) is 0 Å². The summed E-state index contributed by atoms with van der Waals surface area (Å²) in [5.74, 6) is -0.862. The van der Waals surface area contributed by atoms with Crippen LogP contribution in [0.1, 0.15) is 23.7 Å². The minimum atomic E-state index is -0.673. The maximum Gasteiger partial charge on any atom is 0.310 e. The van der Waals surface area contributed by atoms with E-state index in [2.05, 4.69) is 10.9 Å². The smallest absolute Gasteiger partial charge is 0.310 e. The molecule has 0 saturated carbocycles. The largest absolute Gasteiger partial charge is 0.493 e. The number of nitrogens with one attached hydrogen (secondary N) is 2. The van der Waals surface area contributed by atoms with E-state index in [0.29, 0.717) is 12.4 Å². The van der Waals surface area contributed by atoms with Gasteiger partial charge in [0.1, 0.15) is 5.75 Å². The number of hydrogen-bond donors (Lipinski definition) is 2. The Labute approximate surface area is 155 Å². The first-order chi connectivity index (χ1) is 13.0. The van der Waals surface area contributed by atoms with Crippen LogP contribution in [0.25, 0.3) is 0 Å². The van der Waals surface area contributed by atoms with Crippen molar-refractivity contribution >= 4 is 17.5 Å². The van der Waals surface area contributed by atoms with E-state index >= 15 is 0 Å². The summed E-state index contributed by atoms with van der Waals surface area (Å²) in [4.78, 5) is 34.3. The van der Waals surface area contributed by atoms with Crippen molar-refractivity contribution in [1.29, 1.82) is 0 Å². The predicted molar refractivity (Wildman–Crippen MR) is 96.4 cm³/mol. The van der Waals surface area contributed by atoms with Crippen LogP contribution in [0, 0.1) is 10.1 Å². The summed E-state index contributed by atoms with van der Waals surface area (Å²) in [6, 6.07) is 12.3. The topological polar surface area (TPSA) is 120 Å². The van der Waals surface area contributed by atoms with E-state index in [1.54, 1.807) is 30.3 Å². The van der Waals surface area contributed by atoms with E-state index in [1.165, 1.54) is 18.2 Å². The van der Waals surface area contributed by atoms with Crippen LogP contribution < -0.4 is 20.3 Å². The van der Waals surface area contributed by atoms with Crippen LogP contribution in [0.3, 0.4) is 0 Å². The molecule has 0 radical (unpaired) electrons. The highest BCUT2D eigenvalue weighted by Gasteiger charge is 2.16. The van der Waals surface area contributed by atoms with Crippen LogP contribution in [0.2, 0.25) is 0 Å². The van der Waals surface area contributed by atoms with E-state index in [1.807, 2.05) is 6.92 Å². The molecule has 2 aromatic carbocycles. The summed E-state index contributed by atoms with van der Waals surface area (Å²) in [7, 11) is 0. The molecule has 0 atom stereocenters. The van der Waals surface area contributed by atoms with Gasteiger partial charge in [0.05, 0.1) is 17.1 Å². The van der Waals surface area contributed by atoms with Gasteiger partial charge >= 0.3 is 5.69 Å². The fourth-order valence-electron chi connectivity index (χ4n) is 2.10. The first-order valence-electron chi connectivity index (χ1n) is 8.20. The lowest BCUT2D eigenvalue weighted by atomic mass is 10.2. The summed E-state index contributed by atoms with van der Waals surface area (Å²) in [6.45, 7) is 1.90. The third kappa shape index (κ3) is 5.70. The molecule has 0 heterocycles. The van der Waals surface area contributed by atoms with Gasteiger partial charge in [-0.1, -0.05) is 31.2 Å². The lowest BCUT2D eigenvalue weighted by Crippen LogP contribution is -2.44. The molecule has 0 aromatic heterocycles. The third-order valence-electron chi connectivity index (χ3n) is 3.33. The van der Waals surface area contributed by atoms with Crippen LogP contribution in [-0.4, -0.2) is 30.0 Å². The highest BCUT2D eigenvalue weighted by molar-refractivity contribution is 5.97. The summed E-state index contributed by atoms with van der Waals surface area (Å²) >= 11 is 0. The molecular weight excluding hydrogens is 354 g/mol. The minimum absolute atomic E-state index is 0.0395. The second-order valence-electron chi connectivity index (χ2n) is 5.36. The van der Waals surface area contributed by atoms with Gasteiger partial charge in [0.15, 0.2) is 12.4 Å². The number of carbonyl (C=O) groups excluding carboxylic acids is 2. The summed E-state index contributed by atoms with van der Waals surface area (Å²) in [5, 5.41) is 10.9. The summed E-state index contributed by atoms with van der Waals surface area (Å²) < 4.78 is 10.6. The van der Waals surface area contributed by atoms with Crippen molar-refractivity contribution in [2.75, 3.05) is 13.2 Å². The predicted octanol–water partition coefficient (Wildman–Crippen LogP) is 2.22. The zero-order valence-electron chi connectivity index (χ0n) is 14.6. The molecule has 2 N–H and O–H groups in total. The first kappa shape index (κ1) is 19.7. The highest BCUT2D eigenvalue weighted by Crippen LogP contribution is 2.25. The Morgan fingerprint density at radius 2 is 1.67 bits per heavy atom. The maximum atomic E-state index is 12.2. The number of hydrogen-bond acceptors (Lipinski definition) is 6. The van der Waals surface area contributed by atoms with Gasteiger partial charge in [0, 0.05) is 6.07 Å². The molecule has 2 rings (SSSR count). The minimum Gasteiger partial charge on any atom is -0.493 e. The van der Waals surface area contributed by atoms with Crippen LogP contribution in [0.5, 0.6) is 11.5 Å². The fourth-order valence-corrected chi connectivity index (χ4v) is 2.10. The van der Waals surface area contributed by atoms with Gasteiger partial charge in [-0.2, -0.15) is 0 Å². The molecule has 0 fully saturated rings. The lowest BCUT2D eigenvalue weighted by Gasteiger charge is -2.12. The number of amides is 2. The average molecular weight is 373 g/mol. The second-order valence-corrected chi connectivity index (χ2v) is 5.36. The van der Waals surface area contributed by atoms with E-state index in [9.17, 15) is 19.7 Å². The quantitative estimate of drug-likeness (QED) is 0.541. The van der Waals surface area contributed by atoms with Crippen LogP contribution in [0.15, 0.2) is 48.5 Å². The zero-order valence-corrected chi connectivity index (χ0v) is 14.6. The van der Waals surface area contributed by atoms with Gasteiger partial charge in [-0.3, -0.25) is 30.6 Å². The van der Waals surface area contributed by atoms with Crippen molar-refractivity contribution in [3.05, 3.63) is 64.2 Å². The number of benzene rings is 2. The molecule has 0 aliphatic heterocycles. The number of rotatable bonds is 8. The maximum absolute atomic E-state index is 12.2. The lowest BCUT2D eigenvalue weighted by molar-refractivity contribution is -0.385. The Bertz CT molecular complexity index is 824. The molecule has 142 valence electrons. The Balaban J connectivity index is 1.89. The van der Waals surface area contributed by atoms with E-state index in [4.69, 9.17) is 9.47 Å². The Kier molecular flexibility index (Phi) is 7.12. The van der Waals surface area contributed by atoms with Gasteiger partial charge in [0.25, 0.3) is 11.8 Å². The van der Waals surface area contributed by atoms with Gasteiger partial charge in [-0.15, -0.1) is 0 Å². The van der Waals surface area contributed by atoms with Crippen molar-refractivity contribution in [3.8, 4) is 11.5 Å². The molecule has 0 unspecified atom stereocenters. The van der Waals surface area contributed by atoms with Crippen molar-refractivity contribution < 1.29 is 24.0 Å². The molecule has 0 saturated heterocycles. The Morgan fingerprint density at radius 1 is 1.00 bits per heavy atom. The van der Waals surface area contributed by atoms with Crippen LogP contribution in [-0.2, 0) is 4.79 Å². The molecule has 2 aromatic rings. The molecule has 0 aliphatic rings. The SMILES string of the molecule is CCCOc1ccccc1C(=O)NNC(=O)COc1ccccc1[N+](=O)[O-]. The van der Waals surface area contributed by atoms with E-state index < -0.39 is 23.3 Å². The van der Waals surface area contributed by atoms with Crippen LogP contribution in [0.4, 0.5) is 5.69 Å². The number of nitro benzene ring substituents is 1. The summed E-state index contributed by atoms with van der Waals surface area (Å²) in [6.07, 6.45) is 0.787. The van der Waals surface area contributed by atoms with Crippen molar-refractivity contribution in [2.24, 2.45) is 0 Å². The van der Waals surface area contributed by atoms with Crippen molar-refractivity contribution in [1.82, 2.24) is 10.9 Å². The molecular formula is C18H19N3O6. The number of para-hydroxylation sites is 3. The number of ether oxygens (including phenoxy) is 2. The molecule has 0 bridgehead atoms. The zero-order chi connectivity index (χ0) is 19.6. The molecule has 0 spiro atoms. The van der Waals surface area contributed by atoms with Crippen molar-refractivity contribution in [3.63, 3.8) is 0 Å². The van der Waals surface area contributed by atoms with Gasteiger partial charge in [0.2, 0.25) is 0 Å². The second kappa shape index (κ2) is 9.76. The number of nitro groups is 1. The van der Waals surface area contributed by atoms with E-state index in [-0.39, 0.29) is 17.0 Å². The molecule has 27 heavy (non-hydrogen) atoms. The standard InChI is InChI=1S/C18H19N3O6/c1-2-11-26-15-9-5-3-7-13(15)18(23)20-19-17(22)12-27-16-10-6-4-8-14(16)21(24)25/h3-10H,2,11-12H2,1H3,(H,19,22)(H,20,23). The number of carbonyl (C=O) groups is 2. The third-order valence-corrected chi connectivity index (χ3v) is 3.33.